The van der Waals surface area contributed by atoms with Gasteiger partial charge in [0, 0.05) is 160 Å². The number of aryl methyl sites for hydroxylation is 1. The third-order valence-corrected chi connectivity index (χ3v) is 14.3. The molecule has 0 unspecified atom stereocenters. The van der Waals surface area contributed by atoms with Crippen molar-refractivity contribution in [2.75, 3.05) is 129 Å². The van der Waals surface area contributed by atoms with E-state index in [1.54, 1.807) is 63.2 Å². The Labute approximate surface area is 648 Å². The second kappa shape index (κ2) is 44.3. The summed E-state index contributed by atoms with van der Waals surface area (Å²) in [5, 5.41) is 51.6. The van der Waals surface area contributed by atoms with Crippen LogP contribution in [0.4, 0.5) is 21.9 Å². The van der Waals surface area contributed by atoms with E-state index in [-0.39, 0.29) is 133 Å². The number of fused-ring (bicyclic) bond motifs is 4. The molecule has 3 aliphatic heterocycles. The van der Waals surface area contributed by atoms with Crippen molar-refractivity contribution >= 4 is 154 Å². The molecule has 1 radical (unpaired) electrons. The van der Waals surface area contributed by atoms with E-state index in [1.165, 1.54) is 22.4 Å². The van der Waals surface area contributed by atoms with E-state index in [2.05, 4.69) is 73.2 Å². The maximum absolute atomic E-state index is 12.1. The first-order valence-corrected chi connectivity index (χ1v) is 30.8. The Kier molecular flexibility index (Phi) is 39.4. The van der Waals surface area contributed by atoms with Crippen LogP contribution in [-0.2, 0) is 33.4 Å². The zero-order chi connectivity index (χ0) is 65.6. The zero-order valence-electron chi connectivity index (χ0n) is 55.6. The number of carbonyl (C=O) groups excluding carboxylic acids is 2. The van der Waals surface area contributed by atoms with Crippen molar-refractivity contribution in [2.45, 2.75) is 59.7 Å². The molecule has 3 heterocycles. The number of carbonyl (C=O) groups is 2. The number of hydrogen-bond acceptors (Lipinski definition) is 19. The number of nitrogens with one attached hydrogen (secondary N) is 1. The molecule has 0 aliphatic carbocycles. The normalized spacial score (nSPS) is 14.2. The molecule has 0 aromatic heterocycles. The first-order valence-electron chi connectivity index (χ1n) is 30.3. The predicted molar refractivity (Wildman–Crippen MR) is 367 cm³/mol. The van der Waals surface area contributed by atoms with Crippen LogP contribution >= 0.6 is 24.0 Å². The number of nitrogens with two attached hydrogens (primary N) is 1. The summed E-state index contributed by atoms with van der Waals surface area (Å²) in [6.07, 6.45) is -1.12. The Balaban J connectivity index is 0.000000311. The van der Waals surface area contributed by atoms with Gasteiger partial charge in [-0.2, -0.15) is 0 Å². The number of nitrogen functional groups attached to an aromatic ring is 1. The number of aliphatic imine (C=N–C) groups is 1. The summed E-state index contributed by atoms with van der Waals surface area (Å²) >= 11 is 5.55. The molecule has 4 N–H and O–H groups in total. The molecule has 94 heavy (non-hydrogen) atoms. The van der Waals surface area contributed by atoms with E-state index in [4.69, 9.17) is 60.5 Å². The van der Waals surface area contributed by atoms with Crippen LogP contribution in [0.2, 0.25) is 0 Å². The Hall–Kier alpha value is -4.62. The van der Waals surface area contributed by atoms with E-state index < -0.39 is 23.4 Å². The number of halogens is 2. The van der Waals surface area contributed by atoms with Crippen molar-refractivity contribution < 1.29 is 120 Å². The van der Waals surface area contributed by atoms with Crippen LogP contribution in [0.25, 0.3) is 43.1 Å². The molecule has 8 aromatic carbocycles. The van der Waals surface area contributed by atoms with E-state index in [0.29, 0.717) is 34.4 Å². The van der Waals surface area contributed by atoms with Crippen molar-refractivity contribution in [3.63, 3.8) is 0 Å². The number of nitrogens with zero attached hydrogens (tertiary/aromatic N) is 4. The van der Waals surface area contributed by atoms with Crippen LogP contribution in [0.5, 0.6) is 23.0 Å². The fourth-order valence-electron chi connectivity index (χ4n) is 9.67. The smallest absolute Gasteiger partial charge is 0.872 e. The summed E-state index contributed by atoms with van der Waals surface area (Å²) in [6, 6.07) is 45.1. The van der Waals surface area contributed by atoms with Crippen LogP contribution in [-0.4, -0.2) is 219 Å². The minimum Gasteiger partial charge on any atom is -0.872 e. The van der Waals surface area contributed by atoms with Gasteiger partial charge in [-0.05, 0) is 80.4 Å². The molecule has 1 amide bonds. The second-order valence-corrected chi connectivity index (χ2v) is 23.5. The number of benzene rings is 8. The summed E-state index contributed by atoms with van der Waals surface area (Å²) in [5.41, 5.74) is 7.73. The zero-order valence-corrected chi connectivity index (χ0v) is 63.4. The molecule has 0 bridgehead atoms. The van der Waals surface area contributed by atoms with Crippen molar-refractivity contribution in [3.05, 3.63) is 151 Å². The second-order valence-electron chi connectivity index (χ2n) is 23.1. The number of aromatic hydroxyl groups is 1. The quantitative estimate of drug-likeness (QED) is 0.0121. The molecule has 0 saturated carbocycles. The van der Waals surface area contributed by atoms with Crippen LogP contribution in [0.1, 0.15) is 47.1 Å². The van der Waals surface area contributed by atoms with Gasteiger partial charge in [0.1, 0.15) is 36.1 Å². The number of phenolic OH excluding ortho intramolecular Hbond substituents is 1. The van der Waals surface area contributed by atoms with Gasteiger partial charge in [-0.3, -0.25) is 24.8 Å². The largest absolute Gasteiger partial charge is 1.00 e. The Bertz CT molecular complexity index is 3520. The SMILES string of the molecule is CC(C)(C)OC(=O)Nc1ccc([O-])c2ccccc12.CC(C)(C)OC([O-])=Nc1ccc(OCCN2CCOCC2)c2ccccc12.Cc1ccc(OCCN2CCOCC2)c2ccccc12.Cl.ClCCN1CCOCC1.Nc1ccc(O)c2ccccc12.O=CO[O-].[K+].[K]. The Morgan fingerprint density at radius 1 is 0.606 bits per heavy atom. The molecule has 8 aromatic rings. The predicted octanol–water partition coefficient (Wildman–Crippen LogP) is 7.00. The van der Waals surface area contributed by atoms with Crippen LogP contribution in [0.15, 0.2) is 151 Å². The molecule has 3 aliphatic rings. The van der Waals surface area contributed by atoms with E-state index in [0.717, 1.165) is 144 Å². The van der Waals surface area contributed by atoms with Gasteiger partial charge in [-0.25, -0.2) is 9.79 Å². The Morgan fingerprint density at radius 3 is 1.51 bits per heavy atom. The molecule has 3 fully saturated rings. The van der Waals surface area contributed by atoms with Gasteiger partial charge in [-0.1, -0.05) is 130 Å². The number of phenols is 1. The van der Waals surface area contributed by atoms with Gasteiger partial charge in [0.05, 0.1) is 51.0 Å². The van der Waals surface area contributed by atoms with Gasteiger partial charge < -0.3 is 64.4 Å². The standard InChI is InChI=1S/C21H28N2O4.C17H21NO2.C15H17NO3.C10H9NO.C6H12ClNO.CH2O3.ClH.2K/c1-21(2,3)27-20(24)22-18-8-9-19(17-7-5-4-6-16(17)18)26-15-12-23-10-13-25-14-11-23;1-14-6-7-17(16-5-3-2-4-15(14)16)20-13-10-18-8-11-19-12-9-18;1-15(2,3)19-14(18)16-12-8-9-13(17)11-7-5-4-6-10(11)12;11-9-5-6-10(12)8-4-2-1-3-7(8)9;7-1-2-8-3-5-9-6-4-8;2-1-4-3;;;/h4-9H,10-15H2,1-3H3,(H,22,24);2-7H,8-13H2,1H3;4-9,17H,1-3H3,(H,16,18);1-6,12H,11H2;1-6H2;1,3H;1H;;/q;;;;;;;;+1/p-3. The molecule has 3 saturated heterocycles. The number of amides is 1. The molecule has 0 atom stereocenters. The minimum atomic E-state index is -0.589. The monoisotopic (exact) mass is 1380 g/mol. The van der Waals surface area contributed by atoms with Gasteiger partial charge in [0.2, 0.25) is 0 Å². The topological polar surface area (TPSA) is 258 Å². The van der Waals surface area contributed by atoms with E-state index >= 15 is 0 Å². The number of anilines is 2. The number of hydrogen-bond donors (Lipinski definition) is 3. The molecule has 499 valence electrons. The van der Waals surface area contributed by atoms with Crippen molar-refractivity contribution in [2.24, 2.45) is 4.99 Å². The molecular weight excluding hydrogens is 1300 g/mol. The van der Waals surface area contributed by atoms with Crippen LogP contribution < -0.4 is 87.4 Å². The first kappa shape index (κ1) is 83.6. The van der Waals surface area contributed by atoms with Crippen molar-refractivity contribution in [1.82, 2.24) is 14.7 Å². The fourth-order valence-corrected chi connectivity index (χ4v) is 9.91. The average molecular weight is 1390 g/mol. The fraction of sp³-hybridized carbons (Fsp3) is 0.386. The first-order chi connectivity index (χ1) is 43.8. The molecular formula is C70H87Cl2K2N6O14-2. The third kappa shape index (κ3) is 29.2. The van der Waals surface area contributed by atoms with Gasteiger partial charge >= 0.3 is 57.5 Å². The molecule has 11 rings (SSSR count). The van der Waals surface area contributed by atoms with Crippen LogP contribution in [0, 0.1) is 6.92 Å². The van der Waals surface area contributed by atoms with Crippen LogP contribution in [0.3, 0.4) is 0 Å². The number of rotatable bonds is 13. The summed E-state index contributed by atoms with van der Waals surface area (Å²) in [5.74, 6) is 2.73. The number of morpholine rings is 3. The van der Waals surface area contributed by atoms with Crippen molar-refractivity contribution in [1.29, 1.82) is 0 Å². The molecule has 24 heteroatoms. The maximum atomic E-state index is 12.1. The summed E-state index contributed by atoms with van der Waals surface area (Å²) in [4.78, 5) is 34.2. The Morgan fingerprint density at radius 2 is 1.03 bits per heavy atom. The van der Waals surface area contributed by atoms with Gasteiger partial charge in [0.15, 0.2) is 6.08 Å². The molecule has 0 spiro atoms. The van der Waals surface area contributed by atoms with E-state index in [9.17, 15) is 20.1 Å². The maximum Gasteiger partial charge on any atom is 1.00 e. The average Bonchev–Trinajstić information content (AvgIpc) is 0.838. The van der Waals surface area contributed by atoms with E-state index in [1.807, 2.05) is 81.4 Å². The van der Waals surface area contributed by atoms with Gasteiger partial charge in [0.25, 0.3) is 6.47 Å². The third-order valence-electron chi connectivity index (χ3n) is 14.1. The van der Waals surface area contributed by atoms with Crippen molar-refractivity contribution in [3.8, 4) is 23.0 Å². The molecule has 20 nitrogen and oxygen atoms in total. The number of alkyl halides is 1. The summed E-state index contributed by atoms with van der Waals surface area (Å²) in [6.45, 7) is 28.0. The number of ether oxygens (including phenoxy) is 7. The summed E-state index contributed by atoms with van der Waals surface area (Å²) in [7, 11) is 0. The summed E-state index contributed by atoms with van der Waals surface area (Å²) < 4.78 is 38.4. The minimum absolute atomic E-state index is 0. The van der Waals surface area contributed by atoms with Gasteiger partial charge in [-0.15, -0.1) is 29.8 Å².